The van der Waals surface area contributed by atoms with Gasteiger partial charge in [-0.05, 0) is 60.7 Å². The molecule has 0 aliphatic heterocycles. The number of benzene rings is 2. The van der Waals surface area contributed by atoms with E-state index in [1.807, 2.05) is 30.3 Å². The molecule has 0 radical (unpaired) electrons. The lowest BCUT2D eigenvalue weighted by molar-refractivity contribution is -0.114. The lowest BCUT2D eigenvalue weighted by Gasteiger charge is -2.09. The van der Waals surface area contributed by atoms with E-state index < -0.39 is 0 Å². The minimum atomic E-state index is -0.273. The highest BCUT2D eigenvalue weighted by atomic mass is 16.2. The van der Waals surface area contributed by atoms with Crippen molar-refractivity contribution in [2.24, 2.45) is 0 Å². The number of carbonyl (C=O) groups is 2. The summed E-state index contributed by atoms with van der Waals surface area (Å²) in [5.74, 6) is -0.0102. The van der Waals surface area contributed by atoms with Gasteiger partial charge in [0.15, 0.2) is 0 Å². The normalized spacial score (nSPS) is 10.3. The van der Waals surface area contributed by atoms with Gasteiger partial charge in [0, 0.05) is 53.7 Å². The van der Waals surface area contributed by atoms with Gasteiger partial charge >= 0.3 is 0 Å². The number of rotatable bonds is 6. The third-order valence-electron chi connectivity index (χ3n) is 4.46. The molecule has 8 heteroatoms. The molecule has 2 heterocycles. The Morgan fingerprint density at radius 2 is 1.62 bits per heavy atom. The number of pyridine rings is 1. The zero-order chi connectivity index (χ0) is 22.3. The number of hydrogen-bond acceptors (Lipinski definition) is 6. The van der Waals surface area contributed by atoms with Gasteiger partial charge in [-0.25, -0.2) is 9.97 Å². The third-order valence-corrected chi connectivity index (χ3v) is 4.46. The van der Waals surface area contributed by atoms with Gasteiger partial charge in [-0.3, -0.25) is 14.6 Å². The van der Waals surface area contributed by atoms with Crippen LogP contribution in [0.5, 0.6) is 0 Å². The second-order valence-electron chi connectivity index (χ2n) is 6.93. The van der Waals surface area contributed by atoms with Gasteiger partial charge in [0.1, 0.15) is 0 Å². The van der Waals surface area contributed by atoms with Crippen LogP contribution in [-0.4, -0.2) is 26.8 Å². The van der Waals surface area contributed by atoms with E-state index in [1.54, 1.807) is 55.0 Å². The van der Waals surface area contributed by atoms with Crippen LogP contribution in [-0.2, 0) is 4.79 Å². The maximum absolute atomic E-state index is 12.5. The predicted molar refractivity (Wildman–Crippen MR) is 124 cm³/mol. The Balaban J connectivity index is 1.42. The molecular formula is C24H20N6O2. The molecule has 0 aliphatic carbocycles. The fourth-order valence-electron chi connectivity index (χ4n) is 3.00. The van der Waals surface area contributed by atoms with Crippen LogP contribution in [0.15, 0.2) is 85.3 Å². The first-order valence-electron chi connectivity index (χ1n) is 9.86. The maximum atomic E-state index is 12.5. The molecular weight excluding hydrogens is 404 g/mol. The average Bonchev–Trinajstić information content (AvgIpc) is 2.81. The van der Waals surface area contributed by atoms with Crippen LogP contribution < -0.4 is 16.0 Å². The van der Waals surface area contributed by atoms with E-state index >= 15 is 0 Å². The summed E-state index contributed by atoms with van der Waals surface area (Å²) in [6.07, 6.45) is 5.14. The molecule has 2 aromatic heterocycles. The molecule has 2 amide bonds. The summed E-state index contributed by atoms with van der Waals surface area (Å²) in [6, 6.07) is 19.6. The quantitative estimate of drug-likeness (QED) is 0.421. The number of carbonyl (C=O) groups excluding carboxylic acids is 2. The Kier molecular flexibility index (Phi) is 6.12. The first-order chi connectivity index (χ1) is 15.6. The molecule has 0 spiro atoms. The summed E-state index contributed by atoms with van der Waals surface area (Å²) in [4.78, 5) is 36.6. The Morgan fingerprint density at radius 3 is 2.38 bits per heavy atom. The van der Waals surface area contributed by atoms with Crippen LogP contribution in [0.25, 0.3) is 11.3 Å². The van der Waals surface area contributed by atoms with Crippen molar-refractivity contribution in [2.45, 2.75) is 6.92 Å². The molecule has 3 N–H and O–H groups in total. The molecule has 0 bridgehead atoms. The van der Waals surface area contributed by atoms with Gasteiger partial charge in [-0.15, -0.1) is 0 Å². The lowest BCUT2D eigenvalue weighted by atomic mass is 10.1. The molecule has 8 nitrogen and oxygen atoms in total. The highest BCUT2D eigenvalue weighted by Crippen LogP contribution is 2.20. The Bertz CT molecular complexity index is 1240. The zero-order valence-corrected chi connectivity index (χ0v) is 17.2. The second-order valence-corrected chi connectivity index (χ2v) is 6.93. The molecule has 32 heavy (non-hydrogen) atoms. The van der Waals surface area contributed by atoms with E-state index in [-0.39, 0.29) is 11.8 Å². The number of anilines is 4. The summed E-state index contributed by atoms with van der Waals surface area (Å²) in [5.41, 5.74) is 4.09. The van der Waals surface area contributed by atoms with Gasteiger partial charge in [-0.1, -0.05) is 6.07 Å². The SMILES string of the molecule is CC(=O)Nc1cccc(C(=O)Nc2ccc(Nc3nccc(-c4cccnc4)n3)cc2)c1. The zero-order valence-electron chi connectivity index (χ0n) is 17.2. The smallest absolute Gasteiger partial charge is 0.255 e. The summed E-state index contributed by atoms with van der Waals surface area (Å²) < 4.78 is 0. The Hall–Kier alpha value is -4.59. The molecule has 4 aromatic rings. The van der Waals surface area contributed by atoms with Gasteiger partial charge < -0.3 is 16.0 Å². The topological polar surface area (TPSA) is 109 Å². The lowest BCUT2D eigenvalue weighted by Crippen LogP contribution is -2.13. The number of hydrogen-bond donors (Lipinski definition) is 3. The van der Waals surface area contributed by atoms with Crippen LogP contribution in [0.4, 0.5) is 23.0 Å². The molecule has 2 aromatic carbocycles. The van der Waals surface area contributed by atoms with Crippen LogP contribution in [0.1, 0.15) is 17.3 Å². The van der Waals surface area contributed by atoms with Crippen molar-refractivity contribution in [3.05, 3.63) is 90.9 Å². The monoisotopic (exact) mass is 424 g/mol. The highest BCUT2D eigenvalue weighted by molar-refractivity contribution is 6.05. The molecule has 0 atom stereocenters. The summed E-state index contributed by atoms with van der Waals surface area (Å²) >= 11 is 0. The maximum Gasteiger partial charge on any atom is 0.255 e. The largest absolute Gasteiger partial charge is 0.326 e. The van der Waals surface area contributed by atoms with Gasteiger partial charge in [0.2, 0.25) is 11.9 Å². The van der Waals surface area contributed by atoms with E-state index in [2.05, 4.69) is 30.9 Å². The van der Waals surface area contributed by atoms with Crippen LogP contribution >= 0.6 is 0 Å². The fraction of sp³-hybridized carbons (Fsp3) is 0.0417. The van der Waals surface area contributed by atoms with Crippen LogP contribution in [0.3, 0.4) is 0 Å². The van der Waals surface area contributed by atoms with E-state index in [4.69, 9.17) is 0 Å². The second kappa shape index (κ2) is 9.48. The standard InChI is InChI=1S/C24H20N6O2/c1-16(31)27-21-6-2-4-17(14-21)23(32)28-19-7-9-20(10-8-19)29-24-26-13-11-22(30-24)18-5-3-12-25-15-18/h2-15H,1H3,(H,27,31)(H,28,32)(H,26,29,30). The first kappa shape index (κ1) is 20.7. The highest BCUT2D eigenvalue weighted by Gasteiger charge is 2.08. The molecule has 0 saturated heterocycles. The van der Waals surface area contributed by atoms with Crippen molar-refractivity contribution in [3.63, 3.8) is 0 Å². The van der Waals surface area contributed by atoms with Crippen molar-refractivity contribution < 1.29 is 9.59 Å². The van der Waals surface area contributed by atoms with E-state index in [0.717, 1.165) is 16.9 Å². The molecule has 0 fully saturated rings. The van der Waals surface area contributed by atoms with Crippen molar-refractivity contribution >= 4 is 34.8 Å². The van der Waals surface area contributed by atoms with Crippen molar-refractivity contribution in [3.8, 4) is 11.3 Å². The van der Waals surface area contributed by atoms with Crippen LogP contribution in [0, 0.1) is 0 Å². The molecule has 0 aliphatic rings. The summed E-state index contributed by atoms with van der Waals surface area (Å²) in [5, 5.41) is 8.67. The number of nitrogens with one attached hydrogen (secondary N) is 3. The van der Waals surface area contributed by atoms with Crippen molar-refractivity contribution in [1.29, 1.82) is 0 Å². The van der Waals surface area contributed by atoms with E-state index in [9.17, 15) is 9.59 Å². The summed E-state index contributed by atoms with van der Waals surface area (Å²) in [7, 11) is 0. The summed E-state index contributed by atoms with van der Waals surface area (Å²) in [6.45, 7) is 1.42. The van der Waals surface area contributed by atoms with Crippen molar-refractivity contribution in [2.75, 3.05) is 16.0 Å². The van der Waals surface area contributed by atoms with Gasteiger partial charge in [0.25, 0.3) is 5.91 Å². The average molecular weight is 424 g/mol. The number of amides is 2. The number of aromatic nitrogens is 3. The predicted octanol–water partition coefficient (Wildman–Crippen LogP) is 4.49. The molecule has 0 saturated carbocycles. The molecule has 4 rings (SSSR count). The fourth-order valence-corrected chi connectivity index (χ4v) is 3.00. The van der Waals surface area contributed by atoms with Gasteiger partial charge in [0.05, 0.1) is 5.69 Å². The Morgan fingerprint density at radius 1 is 0.812 bits per heavy atom. The molecule has 0 unspecified atom stereocenters. The Labute approximate surface area is 184 Å². The van der Waals surface area contributed by atoms with E-state index in [1.165, 1.54) is 6.92 Å². The minimum Gasteiger partial charge on any atom is -0.326 e. The van der Waals surface area contributed by atoms with Crippen molar-refractivity contribution in [1.82, 2.24) is 15.0 Å². The van der Waals surface area contributed by atoms with E-state index in [0.29, 0.717) is 22.9 Å². The molecule has 158 valence electrons. The van der Waals surface area contributed by atoms with Crippen LogP contribution in [0.2, 0.25) is 0 Å². The third kappa shape index (κ3) is 5.31. The minimum absolute atomic E-state index is 0.194. The number of nitrogens with zero attached hydrogens (tertiary/aromatic N) is 3. The first-order valence-corrected chi connectivity index (χ1v) is 9.86. The van der Waals surface area contributed by atoms with Gasteiger partial charge in [-0.2, -0.15) is 0 Å².